The molecule has 1 aromatic rings. The molecule has 0 saturated heterocycles. The quantitative estimate of drug-likeness (QED) is 0.789. The van der Waals surface area contributed by atoms with E-state index in [1.165, 1.54) is 6.20 Å². The molecule has 0 radical (unpaired) electrons. The van der Waals surface area contributed by atoms with Crippen molar-refractivity contribution in [3.63, 3.8) is 0 Å². The van der Waals surface area contributed by atoms with Gasteiger partial charge in [0.1, 0.15) is 6.07 Å². The van der Waals surface area contributed by atoms with E-state index in [9.17, 15) is 0 Å². The Hall–Kier alpha value is -1.76. The van der Waals surface area contributed by atoms with Gasteiger partial charge in [-0.15, -0.1) is 0 Å². The lowest BCUT2D eigenvalue weighted by atomic mass is 10.3. The van der Waals surface area contributed by atoms with Gasteiger partial charge < -0.3 is 10.5 Å². The van der Waals surface area contributed by atoms with Gasteiger partial charge in [-0.2, -0.15) is 5.26 Å². The Morgan fingerprint density at radius 3 is 2.93 bits per heavy atom. The molecule has 4 heteroatoms. The van der Waals surface area contributed by atoms with Crippen LogP contribution in [0.25, 0.3) is 0 Å². The molecule has 14 heavy (non-hydrogen) atoms. The van der Waals surface area contributed by atoms with Crippen LogP contribution in [0.15, 0.2) is 12.3 Å². The standard InChI is InChI=1S/C10H13N3O/c1-3-7(2)14-10-9(12)4-8(5-11)6-13-10/h4,6-7H,3,12H2,1-2H3. The summed E-state index contributed by atoms with van der Waals surface area (Å²) in [4.78, 5) is 3.97. The number of anilines is 1. The highest BCUT2D eigenvalue weighted by Gasteiger charge is 2.06. The molecule has 1 aromatic heterocycles. The largest absolute Gasteiger partial charge is 0.473 e. The molecule has 74 valence electrons. The van der Waals surface area contributed by atoms with Gasteiger partial charge in [0, 0.05) is 6.20 Å². The zero-order valence-electron chi connectivity index (χ0n) is 8.32. The van der Waals surface area contributed by atoms with Crippen molar-refractivity contribution in [1.82, 2.24) is 4.98 Å². The Labute approximate surface area is 83.3 Å². The smallest absolute Gasteiger partial charge is 0.237 e. The van der Waals surface area contributed by atoms with E-state index in [0.29, 0.717) is 17.1 Å². The van der Waals surface area contributed by atoms with Crippen LogP contribution in [-0.2, 0) is 0 Å². The fraction of sp³-hybridized carbons (Fsp3) is 0.400. The van der Waals surface area contributed by atoms with Crippen LogP contribution in [0.5, 0.6) is 5.88 Å². The molecule has 4 nitrogen and oxygen atoms in total. The van der Waals surface area contributed by atoms with Crippen LogP contribution in [0.3, 0.4) is 0 Å². The zero-order chi connectivity index (χ0) is 10.6. The highest BCUT2D eigenvalue weighted by Crippen LogP contribution is 2.20. The molecule has 1 unspecified atom stereocenters. The third-order valence-corrected chi connectivity index (χ3v) is 1.90. The molecule has 0 spiro atoms. The molecule has 0 aromatic carbocycles. The topological polar surface area (TPSA) is 71.9 Å². The van der Waals surface area contributed by atoms with Crippen LogP contribution in [0.2, 0.25) is 0 Å². The number of nitrogen functional groups attached to an aromatic ring is 1. The van der Waals surface area contributed by atoms with Crippen molar-refractivity contribution in [2.45, 2.75) is 26.4 Å². The molecule has 0 amide bonds. The Bertz CT molecular complexity index is 357. The predicted molar refractivity (Wildman–Crippen MR) is 53.7 cm³/mol. The highest BCUT2D eigenvalue weighted by atomic mass is 16.5. The summed E-state index contributed by atoms with van der Waals surface area (Å²) in [5.74, 6) is 0.401. The lowest BCUT2D eigenvalue weighted by Crippen LogP contribution is -2.12. The van der Waals surface area contributed by atoms with Gasteiger partial charge in [0.2, 0.25) is 5.88 Å². The van der Waals surface area contributed by atoms with E-state index in [-0.39, 0.29) is 6.10 Å². The maximum atomic E-state index is 8.59. The van der Waals surface area contributed by atoms with Crippen molar-refractivity contribution in [2.24, 2.45) is 0 Å². The van der Waals surface area contributed by atoms with Crippen molar-refractivity contribution in [2.75, 3.05) is 5.73 Å². The Morgan fingerprint density at radius 1 is 1.71 bits per heavy atom. The molecular formula is C10H13N3O. The SMILES string of the molecule is CCC(C)Oc1ncc(C#N)cc1N. The van der Waals surface area contributed by atoms with E-state index in [2.05, 4.69) is 4.98 Å². The minimum atomic E-state index is 0.0812. The van der Waals surface area contributed by atoms with E-state index < -0.39 is 0 Å². The average Bonchev–Trinajstić information content (AvgIpc) is 2.20. The summed E-state index contributed by atoms with van der Waals surface area (Å²) >= 11 is 0. The molecule has 0 bridgehead atoms. The number of aromatic nitrogens is 1. The molecule has 2 N–H and O–H groups in total. The zero-order valence-corrected chi connectivity index (χ0v) is 8.32. The van der Waals surface area contributed by atoms with Crippen molar-refractivity contribution in [3.05, 3.63) is 17.8 Å². The predicted octanol–water partition coefficient (Wildman–Crippen LogP) is 1.71. The van der Waals surface area contributed by atoms with Gasteiger partial charge >= 0.3 is 0 Å². The maximum Gasteiger partial charge on any atom is 0.237 e. The first-order valence-electron chi connectivity index (χ1n) is 4.49. The number of hydrogen-bond acceptors (Lipinski definition) is 4. The molecule has 1 heterocycles. The van der Waals surface area contributed by atoms with Crippen molar-refractivity contribution < 1.29 is 4.74 Å². The Morgan fingerprint density at radius 2 is 2.43 bits per heavy atom. The first kappa shape index (κ1) is 10.3. The van der Waals surface area contributed by atoms with Crippen LogP contribution in [0.4, 0.5) is 5.69 Å². The summed E-state index contributed by atoms with van der Waals surface area (Å²) in [6.45, 7) is 3.96. The fourth-order valence-corrected chi connectivity index (χ4v) is 0.903. The number of ether oxygens (including phenoxy) is 1. The second kappa shape index (κ2) is 4.47. The summed E-state index contributed by atoms with van der Waals surface area (Å²) in [5.41, 5.74) is 6.51. The number of nitrogens with two attached hydrogens (primary N) is 1. The summed E-state index contributed by atoms with van der Waals surface area (Å²) in [6.07, 6.45) is 2.42. The minimum absolute atomic E-state index is 0.0812. The Kier molecular flexibility index (Phi) is 3.29. The van der Waals surface area contributed by atoms with E-state index in [0.717, 1.165) is 6.42 Å². The summed E-state index contributed by atoms with van der Waals surface area (Å²) in [6, 6.07) is 3.52. The van der Waals surface area contributed by atoms with Crippen molar-refractivity contribution in [1.29, 1.82) is 5.26 Å². The summed E-state index contributed by atoms with van der Waals surface area (Å²) < 4.78 is 5.45. The van der Waals surface area contributed by atoms with E-state index in [1.54, 1.807) is 6.07 Å². The van der Waals surface area contributed by atoms with Gasteiger partial charge in [-0.25, -0.2) is 4.98 Å². The van der Waals surface area contributed by atoms with E-state index in [4.69, 9.17) is 15.7 Å². The third kappa shape index (κ3) is 2.36. The third-order valence-electron chi connectivity index (χ3n) is 1.90. The Balaban J connectivity index is 2.85. The molecule has 0 saturated carbocycles. The summed E-state index contributed by atoms with van der Waals surface area (Å²) in [5, 5.41) is 8.59. The van der Waals surface area contributed by atoms with Gasteiger partial charge in [0.15, 0.2) is 0 Å². The highest BCUT2D eigenvalue weighted by molar-refractivity contribution is 5.51. The van der Waals surface area contributed by atoms with Crippen LogP contribution >= 0.6 is 0 Å². The first-order chi connectivity index (χ1) is 6.67. The number of hydrogen-bond donors (Lipinski definition) is 1. The number of rotatable bonds is 3. The minimum Gasteiger partial charge on any atom is -0.473 e. The second-order valence-corrected chi connectivity index (χ2v) is 3.07. The summed E-state index contributed by atoms with van der Waals surface area (Å²) in [7, 11) is 0. The molecule has 1 rings (SSSR count). The average molecular weight is 191 g/mol. The van der Waals surface area contributed by atoms with E-state index >= 15 is 0 Å². The molecule has 1 atom stereocenters. The maximum absolute atomic E-state index is 8.59. The molecular weight excluding hydrogens is 178 g/mol. The van der Waals surface area contributed by atoms with Crippen LogP contribution < -0.4 is 10.5 Å². The van der Waals surface area contributed by atoms with Gasteiger partial charge in [0.25, 0.3) is 0 Å². The monoisotopic (exact) mass is 191 g/mol. The molecule has 0 fully saturated rings. The normalized spacial score (nSPS) is 11.8. The van der Waals surface area contributed by atoms with E-state index in [1.807, 2.05) is 19.9 Å². The van der Waals surface area contributed by atoms with Gasteiger partial charge in [0.05, 0.1) is 17.4 Å². The van der Waals surface area contributed by atoms with Crippen molar-refractivity contribution >= 4 is 5.69 Å². The second-order valence-electron chi connectivity index (χ2n) is 3.07. The number of nitrogens with zero attached hydrogens (tertiary/aromatic N) is 2. The lowest BCUT2D eigenvalue weighted by molar-refractivity contribution is 0.210. The fourth-order valence-electron chi connectivity index (χ4n) is 0.903. The van der Waals surface area contributed by atoms with Crippen LogP contribution in [0.1, 0.15) is 25.8 Å². The molecule has 0 aliphatic heterocycles. The van der Waals surface area contributed by atoms with Crippen molar-refractivity contribution in [3.8, 4) is 11.9 Å². The van der Waals surface area contributed by atoms with Crippen LogP contribution in [-0.4, -0.2) is 11.1 Å². The van der Waals surface area contributed by atoms with Crippen LogP contribution in [0, 0.1) is 11.3 Å². The molecule has 0 aliphatic carbocycles. The lowest BCUT2D eigenvalue weighted by Gasteiger charge is -2.12. The van der Waals surface area contributed by atoms with Gasteiger partial charge in [-0.1, -0.05) is 6.92 Å². The number of nitriles is 1. The molecule has 0 aliphatic rings. The van der Waals surface area contributed by atoms with Gasteiger partial charge in [-0.3, -0.25) is 0 Å². The number of pyridine rings is 1. The first-order valence-corrected chi connectivity index (χ1v) is 4.49. The van der Waals surface area contributed by atoms with Gasteiger partial charge in [-0.05, 0) is 19.4 Å².